The van der Waals surface area contributed by atoms with Crippen LogP contribution in [-0.2, 0) is 10.8 Å². The molecular weight excluding hydrogens is 369 g/mol. The topological polar surface area (TPSA) is 59.2 Å². The van der Waals surface area contributed by atoms with Gasteiger partial charge in [-0.15, -0.1) is 0 Å². The molecule has 0 aliphatic carbocycles. The summed E-state index contributed by atoms with van der Waals surface area (Å²) in [6.45, 7) is 5.47. The molecule has 0 N–H and O–H groups in total. The van der Waals surface area contributed by atoms with Crippen LogP contribution in [0.25, 0.3) is 11.4 Å². The van der Waals surface area contributed by atoms with Crippen molar-refractivity contribution < 1.29 is 8.73 Å². The van der Waals surface area contributed by atoms with E-state index in [2.05, 4.69) is 24.0 Å². The quantitative estimate of drug-likeness (QED) is 0.787. The van der Waals surface area contributed by atoms with Gasteiger partial charge in [-0.1, -0.05) is 42.2 Å². The SMILES string of the molecule is CCC1(CC)CN(c2nc(-c3cc(Cl)cc(Cl)c3)no2)CCS1=O. The molecule has 8 heteroatoms. The normalized spacial score (nSPS) is 20.3. The summed E-state index contributed by atoms with van der Waals surface area (Å²) in [7, 11) is -0.833. The maximum Gasteiger partial charge on any atom is 0.324 e. The zero-order valence-electron chi connectivity index (χ0n) is 13.6. The van der Waals surface area contributed by atoms with E-state index in [0.717, 1.165) is 12.8 Å². The Morgan fingerprint density at radius 2 is 1.92 bits per heavy atom. The van der Waals surface area contributed by atoms with Crippen LogP contribution in [0.4, 0.5) is 6.01 Å². The predicted molar refractivity (Wildman–Crippen MR) is 98.3 cm³/mol. The molecule has 1 aliphatic rings. The van der Waals surface area contributed by atoms with E-state index in [4.69, 9.17) is 27.7 Å². The third kappa shape index (κ3) is 3.32. The lowest BCUT2D eigenvalue weighted by Gasteiger charge is -2.40. The highest BCUT2D eigenvalue weighted by atomic mass is 35.5. The first kappa shape index (κ1) is 17.7. The van der Waals surface area contributed by atoms with E-state index < -0.39 is 10.8 Å². The van der Waals surface area contributed by atoms with Gasteiger partial charge >= 0.3 is 6.01 Å². The summed E-state index contributed by atoms with van der Waals surface area (Å²) in [4.78, 5) is 6.50. The maximum absolute atomic E-state index is 12.4. The Balaban J connectivity index is 1.86. The molecule has 0 radical (unpaired) electrons. The van der Waals surface area contributed by atoms with Gasteiger partial charge in [-0.05, 0) is 31.0 Å². The van der Waals surface area contributed by atoms with Crippen LogP contribution in [0.3, 0.4) is 0 Å². The van der Waals surface area contributed by atoms with Crippen molar-refractivity contribution in [1.82, 2.24) is 10.1 Å². The Labute approximate surface area is 153 Å². The van der Waals surface area contributed by atoms with Gasteiger partial charge in [-0.2, -0.15) is 4.98 Å². The maximum atomic E-state index is 12.4. The Morgan fingerprint density at radius 1 is 1.25 bits per heavy atom. The molecule has 0 spiro atoms. The zero-order valence-corrected chi connectivity index (χ0v) is 15.9. The average molecular weight is 388 g/mol. The molecular formula is C16H19Cl2N3O2S. The van der Waals surface area contributed by atoms with Crippen LogP contribution >= 0.6 is 23.2 Å². The first-order chi connectivity index (χ1) is 11.5. The second-order valence-electron chi connectivity index (χ2n) is 5.92. The van der Waals surface area contributed by atoms with E-state index in [-0.39, 0.29) is 4.75 Å². The summed E-state index contributed by atoms with van der Waals surface area (Å²) in [6.07, 6.45) is 1.72. The minimum absolute atomic E-state index is 0.216. The molecule has 1 aromatic carbocycles. The smallest absolute Gasteiger partial charge is 0.322 e. The van der Waals surface area contributed by atoms with Gasteiger partial charge in [0.05, 0.1) is 4.75 Å². The van der Waals surface area contributed by atoms with Crippen LogP contribution in [-0.4, -0.2) is 37.9 Å². The second kappa shape index (κ2) is 7.02. The highest BCUT2D eigenvalue weighted by Crippen LogP contribution is 2.32. The molecule has 24 heavy (non-hydrogen) atoms. The van der Waals surface area contributed by atoms with Crippen molar-refractivity contribution in [1.29, 1.82) is 0 Å². The standard InChI is InChI=1S/C16H19Cl2N3O2S/c1-3-16(4-2)10-21(5-6-24(16)22)15-19-14(20-23-15)11-7-12(17)9-13(18)8-11/h7-9H,3-6,10H2,1-2H3. The van der Waals surface area contributed by atoms with Crippen LogP contribution in [0.2, 0.25) is 10.0 Å². The van der Waals surface area contributed by atoms with Crippen molar-refractivity contribution in [3.63, 3.8) is 0 Å². The van der Waals surface area contributed by atoms with Gasteiger partial charge < -0.3 is 9.42 Å². The molecule has 1 fully saturated rings. The van der Waals surface area contributed by atoms with Crippen LogP contribution in [0.1, 0.15) is 26.7 Å². The van der Waals surface area contributed by atoms with Gasteiger partial charge in [0.2, 0.25) is 5.82 Å². The molecule has 2 heterocycles. The van der Waals surface area contributed by atoms with E-state index >= 15 is 0 Å². The van der Waals surface area contributed by atoms with E-state index in [1.807, 2.05) is 4.90 Å². The van der Waals surface area contributed by atoms with Gasteiger partial charge in [-0.3, -0.25) is 4.21 Å². The van der Waals surface area contributed by atoms with Crippen LogP contribution in [0.15, 0.2) is 22.7 Å². The fraction of sp³-hybridized carbons (Fsp3) is 0.500. The number of halogens is 2. The molecule has 0 amide bonds. The summed E-state index contributed by atoms with van der Waals surface area (Å²) in [5.74, 6) is 1.06. The zero-order chi connectivity index (χ0) is 17.3. The van der Waals surface area contributed by atoms with Crippen molar-refractivity contribution in [2.24, 2.45) is 0 Å². The third-order valence-electron chi connectivity index (χ3n) is 4.60. The number of hydrogen-bond donors (Lipinski definition) is 0. The molecule has 1 aromatic heterocycles. The van der Waals surface area contributed by atoms with Gasteiger partial charge in [0.15, 0.2) is 0 Å². The minimum atomic E-state index is -0.833. The van der Waals surface area contributed by atoms with Crippen molar-refractivity contribution >= 4 is 40.0 Å². The molecule has 3 rings (SSSR count). The van der Waals surface area contributed by atoms with E-state index in [1.165, 1.54) is 0 Å². The first-order valence-corrected chi connectivity index (χ1v) is 9.98. The number of benzene rings is 1. The Hall–Kier alpha value is -1.11. The Bertz CT molecular complexity index is 741. The highest BCUT2D eigenvalue weighted by molar-refractivity contribution is 7.86. The monoisotopic (exact) mass is 387 g/mol. The molecule has 2 aromatic rings. The summed E-state index contributed by atoms with van der Waals surface area (Å²) < 4.78 is 17.7. The van der Waals surface area contributed by atoms with Crippen molar-refractivity contribution in [2.75, 3.05) is 23.7 Å². The molecule has 1 aliphatic heterocycles. The number of aromatic nitrogens is 2. The van der Waals surface area contributed by atoms with Crippen LogP contribution < -0.4 is 4.90 Å². The molecule has 0 bridgehead atoms. The summed E-state index contributed by atoms with van der Waals surface area (Å²) in [5.41, 5.74) is 0.709. The van der Waals surface area contributed by atoms with Crippen LogP contribution in [0, 0.1) is 0 Å². The number of rotatable bonds is 4. The van der Waals surface area contributed by atoms with Gasteiger partial charge in [0.1, 0.15) is 0 Å². The lowest BCUT2D eigenvalue weighted by molar-refractivity contribution is 0.399. The van der Waals surface area contributed by atoms with Crippen molar-refractivity contribution in [3.05, 3.63) is 28.2 Å². The highest BCUT2D eigenvalue weighted by Gasteiger charge is 2.40. The second-order valence-corrected chi connectivity index (χ2v) is 8.76. The summed E-state index contributed by atoms with van der Waals surface area (Å²) in [6, 6.07) is 5.60. The number of nitrogens with zero attached hydrogens (tertiary/aromatic N) is 3. The Kier molecular flexibility index (Phi) is 5.18. The lowest BCUT2D eigenvalue weighted by Crippen LogP contribution is -2.53. The third-order valence-corrected chi connectivity index (χ3v) is 7.27. The molecule has 130 valence electrons. The summed E-state index contributed by atoms with van der Waals surface area (Å²) in [5, 5.41) is 5.08. The first-order valence-electron chi connectivity index (χ1n) is 7.91. The number of anilines is 1. The number of hydrogen-bond acceptors (Lipinski definition) is 5. The van der Waals surface area contributed by atoms with E-state index in [0.29, 0.717) is 46.3 Å². The van der Waals surface area contributed by atoms with E-state index in [1.54, 1.807) is 18.2 Å². The van der Waals surface area contributed by atoms with Gasteiger partial charge in [0.25, 0.3) is 0 Å². The predicted octanol–water partition coefficient (Wildman–Crippen LogP) is 4.17. The van der Waals surface area contributed by atoms with Crippen LogP contribution in [0.5, 0.6) is 0 Å². The Morgan fingerprint density at radius 3 is 2.54 bits per heavy atom. The minimum Gasteiger partial charge on any atom is -0.322 e. The molecule has 0 saturated carbocycles. The molecule has 5 nitrogen and oxygen atoms in total. The molecule has 1 atom stereocenters. The fourth-order valence-electron chi connectivity index (χ4n) is 3.01. The average Bonchev–Trinajstić information content (AvgIpc) is 3.05. The fourth-order valence-corrected chi connectivity index (χ4v) is 5.30. The van der Waals surface area contributed by atoms with Gasteiger partial charge in [0, 0.05) is 45.3 Å². The van der Waals surface area contributed by atoms with E-state index in [9.17, 15) is 4.21 Å². The van der Waals surface area contributed by atoms with Crippen molar-refractivity contribution in [3.8, 4) is 11.4 Å². The summed E-state index contributed by atoms with van der Waals surface area (Å²) >= 11 is 12.1. The van der Waals surface area contributed by atoms with Gasteiger partial charge in [-0.25, -0.2) is 0 Å². The lowest BCUT2D eigenvalue weighted by atomic mass is 10.0. The van der Waals surface area contributed by atoms with Crippen molar-refractivity contribution in [2.45, 2.75) is 31.4 Å². The molecule has 1 unspecified atom stereocenters. The molecule has 1 saturated heterocycles. The largest absolute Gasteiger partial charge is 0.324 e.